The maximum absolute atomic E-state index is 12.6. The van der Waals surface area contributed by atoms with Crippen molar-refractivity contribution in [2.75, 3.05) is 13.1 Å². The van der Waals surface area contributed by atoms with Gasteiger partial charge in [-0.1, -0.05) is 31.2 Å². The molecule has 0 bridgehead atoms. The molecule has 0 atom stereocenters. The Bertz CT molecular complexity index is 450. The van der Waals surface area contributed by atoms with Gasteiger partial charge >= 0.3 is 0 Å². The summed E-state index contributed by atoms with van der Waals surface area (Å²) in [7, 11) is 0. The minimum atomic E-state index is -0.475. The first-order valence-electron chi connectivity index (χ1n) is 7.65. The first-order valence-corrected chi connectivity index (χ1v) is 7.65. The smallest absolute Gasteiger partial charge is 0.230 e. The average molecular weight is 311 g/mol. The van der Waals surface area contributed by atoms with E-state index >= 15 is 0 Å². The zero-order valence-electron chi connectivity index (χ0n) is 13.2. The quantitative estimate of drug-likeness (QED) is 0.898. The zero-order valence-corrected chi connectivity index (χ0v) is 14.1. The molecule has 0 spiro atoms. The SMILES string of the molecule is CCc1ccc(C(C)(C)C(=O)NC2CCNCC2)cc1.Cl. The number of nitrogens with one attached hydrogen (secondary N) is 2. The molecule has 3 nitrogen and oxygen atoms in total. The van der Waals surface area contributed by atoms with Gasteiger partial charge in [0.25, 0.3) is 0 Å². The molecule has 1 aliphatic heterocycles. The summed E-state index contributed by atoms with van der Waals surface area (Å²) in [5.74, 6) is 0.133. The molecule has 1 aromatic rings. The molecule has 1 heterocycles. The zero-order chi connectivity index (χ0) is 14.6. The number of carbonyl (C=O) groups excluding carboxylic acids is 1. The van der Waals surface area contributed by atoms with Gasteiger partial charge in [0.1, 0.15) is 0 Å². The molecule has 4 heteroatoms. The monoisotopic (exact) mass is 310 g/mol. The van der Waals surface area contributed by atoms with E-state index in [1.807, 2.05) is 13.8 Å². The summed E-state index contributed by atoms with van der Waals surface area (Å²) >= 11 is 0. The third kappa shape index (κ3) is 4.45. The number of piperidine rings is 1. The van der Waals surface area contributed by atoms with E-state index in [1.165, 1.54) is 5.56 Å². The second-order valence-electron chi connectivity index (χ2n) is 6.17. The number of hydrogen-bond donors (Lipinski definition) is 2. The molecule has 1 aliphatic rings. The molecule has 1 amide bonds. The normalized spacial score (nSPS) is 16.1. The van der Waals surface area contributed by atoms with Crippen LogP contribution in [-0.2, 0) is 16.6 Å². The predicted octanol–water partition coefficient (Wildman–Crippen LogP) is 2.82. The second kappa shape index (κ2) is 7.81. The summed E-state index contributed by atoms with van der Waals surface area (Å²) in [5, 5.41) is 6.53. The van der Waals surface area contributed by atoms with Crippen LogP contribution < -0.4 is 10.6 Å². The van der Waals surface area contributed by atoms with Gasteiger partial charge in [-0.15, -0.1) is 12.4 Å². The van der Waals surface area contributed by atoms with Gasteiger partial charge in [-0.25, -0.2) is 0 Å². The van der Waals surface area contributed by atoms with E-state index in [4.69, 9.17) is 0 Å². The van der Waals surface area contributed by atoms with Crippen LogP contribution in [0.1, 0.15) is 44.7 Å². The van der Waals surface area contributed by atoms with Gasteiger partial charge in [0.2, 0.25) is 5.91 Å². The van der Waals surface area contributed by atoms with E-state index in [0.29, 0.717) is 6.04 Å². The van der Waals surface area contributed by atoms with Gasteiger partial charge in [0, 0.05) is 6.04 Å². The number of hydrogen-bond acceptors (Lipinski definition) is 2. The van der Waals surface area contributed by atoms with Gasteiger partial charge in [-0.05, 0) is 57.3 Å². The molecule has 21 heavy (non-hydrogen) atoms. The lowest BCUT2D eigenvalue weighted by Crippen LogP contribution is -2.48. The molecule has 1 fully saturated rings. The Morgan fingerprint density at radius 1 is 1.24 bits per heavy atom. The Morgan fingerprint density at radius 3 is 2.33 bits per heavy atom. The number of carbonyl (C=O) groups is 1. The second-order valence-corrected chi connectivity index (χ2v) is 6.17. The topological polar surface area (TPSA) is 41.1 Å². The third-order valence-electron chi connectivity index (χ3n) is 4.33. The molecule has 118 valence electrons. The van der Waals surface area contributed by atoms with Crippen LogP contribution in [-0.4, -0.2) is 25.0 Å². The molecule has 2 rings (SSSR count). The van der Waals surface area contributed by atoms with Gasteiger partial charge in [-0.3, -0.25) is 4.79 Å². The number of halogens is 1. The molecule has 2 N–H and O–H groups in total. The Hall–Kier alpha value is -1.06. The van der Waals surface area contributed by atoms with Crippen LogP contribution in [0.5, 0.6) is 0 Å². The Balaban J connectivity index is 0.00000220. The molecule has 0 saturated carbocycles. The van der Waals surface area contributed by atoms with Crippen LogP contribution in [0, 0.1) is 0 Å². The fraction of sp³-hybridized carbons (Fsp3) is 0.588. The highest BCUT2D eigenvalue weighted by Crippen LogP contribution is 2.24. The van der Waals surface area contributed by atoms with E-state index in [2.05, 4.69) is 41.8 Å². The van der Waals surface area contributed by atoms with E-state index in [9.17, 15) is 4.79 Å². The summed E-state index contributed by atoms with van der Waals surface area (Å²) in [6, 6.07) is 8.73. The van der Waals surface area contributed by atoms with Crippen LogP contribution in [0.25, 0.3) is 0 Å². The maximum atomic E-state index is 12.6. The van der Waals surface area contributed by atoms with Crippen molar-refractivity contribution < 1.29 is 4.79 Å². The first kappa shape index (κ1) is 18.0. The lowest BCUT2D eigenvalue weighted by Gasteiger charge is -2.30. The number of rotatable bonds is 4. The fourth-order valence-corrected chi connectivity index (χ4v) is 2.62. The largest absolute Gasteiger partial charge is 0.353 e. The van der Waals surface area contributed by atoms with Crippen LogP contribution >= 0.6 is 12.4 Å². The van der Waals surface area contributed by atoms with Crippen molar-refractivity contribution in [2.45, 2.75) is 51.5 Å². The van der Waals surface area contributed by atoms with Gasteiger partial charge in [0.05, 0.1) is 5.41 Å². The standard InChI is InChI=1S/C17H26N2O.ClH/c1-4-13-5-7-14(8-6-13)17(2,3)16(20)19-15-9-11-18-12-10-15;/h5-8,15,18H,4,9-12H2,1-3H3,(H,19,20);1H. The number of benzene rings is 1. The predicted molar refractivity (Wildman–Crippen MR) is 90.1 cm³/mol. The van der Waals surface area contributed by atoms with Crippen LogP contribution in [0.2, 0.25) is 0 Å². The van der Waals surface area contributed by atoms with E-state index in [0.717, 1.165) is 37.9 Å². The van der Waals surface area contributed by atoms with Crippen molar-refractivity contribution >= 4 is 18.3 Å². The van der Waals surface area contributed by atoms with Crippen molar-refractivity contribution in [3.63, 3.8) is 0 Å². The Kier molecular flexibility index (Phi) is 6.69. The van der Waals surface area contributed by atoms with Crippen molar-refractivity contribution in [2.24, 2.45) is 0 Å². The molecule has 0 radical (unpaired) electrons. The van der Waals surface area contributed by atoms with Crippen molar-refractivity contribution in [1.29, 1.82) is 0 Å². The summed E-state index contributed by atoms with van der Waals surface area (Å²) in [4.78, 5) is 12.6. The molecule has 0 aromatic heterocycles. The van der Waals surface area contributed by atoms with Gasteiger partial charge < -0.3 is 10.6 Å². The maximum Gasteiger partial charge on any atom is 0.230 e. The van der Waals surface area contributed by atoms with Crippen molar-refractivity contribution in [3.8, 4) is 0 Å². The summed E-state index contributed by atoms with van der Waals surface area (Å²) in [5.41, 5.74) is 1.92. The lowest BCUT2D eigenvalue weighted by atomic mass is 9.82. The molecule has 1 aromatic carbocycles. The van der Waals surface area contributed by atoms with Gasteiger partial charge in [-0.2, -0.15) is 0 Å². The lowest BCUT2D eigenvalue weighted by molar-refractivity contribution is -0.126. The van der Waals surface area contributed by atoms with E-state index in [-0.39, 0.29) is 18.3 Å². The molecule has 0 aliphatic carbocycles. The Morgan fingerprint density at radius 2 is 1.81 bits per heavy atom. The highest BCUT2D eigenvalue weighted by atomic mass is 35.5. The van der Waals surface area contributed by atoms with Gasteiger partial charge in [0.15, 0.2) is 0 Å². The summed E-state index contributed by atoms with van der Waals surface area (Å²) < 4.78 is 0. The highest BCUT2D eigenvalue weighted by Gasteiger charge is 2.31. The van der Waals surface area contributed by atoms with Crippen LogP contribution in [0.4, 0.5) is 0 Å². The molecular formula is C17H27ClN2O. The van der Waals surface area contributed by atoms with Crippen molar-refractivity contribution in [1.82, 2.24) is 10.6 Å². The van der Waals surface area contributed by atoms with E-state index < -0.39 is 5.41 Å². The van der Waals surface area contributed by atoms with Crippen LogP contribution in [0.15, 0.2) is 24.3 Å². The third-order valence-corrected chi connectivity index (χ3v) is 4.33. The molecular weight excluding hydrogens is 284 g/mol. The number of amides is 1. The van der Waals surface area contributed by atoms with Crippen molar-refractivity contribution in [3.05, 3.63) is 35.4 Å². The van der Waals surface area contributed by atoms with Crippen LogP contribution in [0.3, 0.4) is 0 Å². The minimum absolute atomic E-state index is 0. The minimum Gasteiger partial charge on any atom is -0.353 e. The summed E-state index contributed by atoms with van der Waals surface area (Å²) in [6.45, 7) is 8.14. The average Bonchev–Trinajstić information content (AvgIpc) is 2.48. The number of aryl methyl sites for hydroxylation is 1. The molecule has 0 unspecified atom stereocenters. The van der Waals surface area contributed by atoms with E-state index in [1.54, 1.807) is 0 Å². The fourth-order valence-electron chi connectivity index (χ4n) is 2.62. The highest BCUT2D eigenvalue weighted by molar-refractivity contribution is 5.87. The molecule has 1 saturated heterocycles. The summed E-state index contributed by atoms with van der Waals surface area (Å²) in [6.07, 6.45) is 3.08. The first-order chi connectivity index (χ1) is 9.54. The Labute approximate surface area is 134 Å².